The lowest BCUT2D eigenvalue weighted by atomic mass is 10.2. The summed E-state index contributed by atoms with van der Waals surface area (Å²) in [5.41, 5.74) is 0. The summed E-state index contributed by atoms with van der Waals surface area (Å²) in [5.74, 6) is -2.76. The second-order valence-corrected chi connectivity index (χ2v) is 7.42. The Balaban J connectivity index is 2.51. The molecule has 0 aromatic rings. The zero-order valence-corrected chi connectivity index (χ0v) is 19.9. The third kappa shape index (κ3) is 9.68. The summed E-state index contributed by atoms with van der Waals surface area (Å²) < 4.78 is 0.578. The van der Waals surface area contributed by atoms with Gasteiger partial charge < -0.3 is 20.4 Å². The van der Waals surface area contributed by atoms with E-state index in [1.54, 1.807) is 0 Å². The SMILES string of the molecule is O=C(CI)NCCN(CCNC(=O)CI)C(=O)CCC(=O)ON1C(=O)CCC1=O. The fourth-order valence-electron chi connectivity index (χ4n) is 2.29. The van der Waals surface area contributed by atoms with Gasteiger partial charge in [-0.2, -0.15) is 0 Å². The number of alkyl halides is 2. The lowest BCUT2D eigenvalue weighted by Gasteiger charge is -2.23. The van der Waals surface area contributed by atoms with Crippen molar-refractivity contribution in [1.82, 2.24) is 20.6 Å². The molecule has 1 aliphatic heterocycles. The van der Waals surface area contributed by atoms with Gasteiger partial charge in [0.1, 0.15) is 0 Å². The van der Waals surface area contributed by atoms with Gasteiger partial charge in [-0.3, -0.25) is 24.0 Å². The number of rotatable bonds is 12. The van der Waals surface area contributed by atoms with E-state index in [0.717, 1.165) is 0 Å². The van der Waals surface area contributed by atoms with Gasteiger partial charge in [-0.05, 0) is 0 Å². The summed E-state index contributed by atoms with van der Waals surface area (Å²) in [6.45, 7) is 0.878. The zero-order chi connectivity index (χ0) is 21.8. The van der Waals surface area contributed by atoms with Gasteiger partial charge in [0.25, 0.3) is 11.8 Å². The van der Waals surface area contributed by atoms with Crippen molar-refractivity contribution in [1.29, 1.82) is 0 Å². The minimum Gasteiger partial charge on any atom is -0.354 e. The molecule has 1 fully saturated rings. The third-order valence-electron chi connectivity index (χ3n) is 3.75. The molecule has 0 saturated carbocycles. The number of carbonyl (C=O) groups excluding carboxylic acids is 6. The van der Waals surface area contributed by atoms with Crippen molar-refractivity contribution in [2.24, 2.45) is 0 Å². The molecule has 1 rings (SSSR count). The zero-order valence-electron chi connectivity index (χ0n) is 15.6. The van der Waals surface area contributed by atoms with Gasteiger partial charge in [0, 0.05) is 45.4 Å². The first-order valence-electron chi connectivity index (χ1n) is 8.78. The number of amides is 5. The van der Waals surface area contributed by atoms with Crippen LogP contribution in [0.4, 0.5) is 0 Å². The van der Waals surface area contributed by atoms with Crippen LogP contribution in [0, 0.1) is 0 Å². The molecule has 29 heavy (non-hydrogen) atoms. The Hall–Kier alpha value is -1.52. The van der Waals surface area contributed by atoms with E-state index in [2.05, 4.69) is 10.6 Å². The highest BCUT2D eigenvalue weighted by Gasteiger charge is 2.32. The first kappa shape index (κ1) is 25.5. The molecule has 0 aromatic carbocycles. The van der Waals surface area contributed by atoms with E-state index in [0.29, 0.717) is 5.06 Å². The first-order chi connectivity index (χ1) is 13.8. The Bertz CT molecular complexity index is 621. The fourth-order valence-corrected chi connectivity index (χ4v) is 2.83. The van der Waals surface area contributed by atoms with Crippen LogP contribution in [-0.2, 0) is 33.6 Å². The molecule has 0 atom stereocenters. The average Bonchev–Trinajstić information content (AvgIpc) is 3.02. The van der Waals surface area contributed by atoms with Crippen molar-refractivity contribution < 1.29 is 33.6 Å². The predicted octanol–water partition coefficient (Wildman–Crippen LogP) is -0.695. The monoisotopic (exact) mass is 636 g/mol. The number of hydroxylamine groups is 2. The Morgan fingerprint density at radius 1 is 0.897 bits per heavy atom. The molecule has 1 aliphatic rings. The number of imide groups is 1. The standard InChI is InChI=1S/C16H22I2N4O7/c17-9-11(23)19-5-7-21(8-6-20-12(24)10-18)13(25)3-4-16(28)29-22-14(26)1-2-15(22)27/h1-10H2,(H,19,23)(H,20,24). The van der Waals surface area contributed by atoms with E-state index in [4.69, 9.17) is 4.84 Å². The molecule has 0 spiro atoms. The molecule has 0 bridgehead atoms. The number of carbonyl (C=O) groups is 6. The van der Waals surface area contributed by atoms with Crippen LogP contribution in [0.15, 0.2) is 0 Å². The Labute approximate surface area is 194 Å². The van der Waals surface area contributed by atoms with Gasteiger partial charge in [0.15, 0.2) is 0 Å². The topological polar surface area (TPSA) is 142 Å². The Morgan fingerprint density at radius 2 is 1.38 bits per heavy atom. The molecule has 2 N–H and O–H groups in total. The Kier molecular flexibility index (Phi) is 12.0. The fraction of sp³-hybridized carbons (Fsp3) is 0.625. The van der Waals surface area contributed by atoms with Crippen LogP contribution in [0.5, 0.6) is 0 Å². The molecule has 5 amide bonds. The number of hydrogen-bond donors (Lipinski definition) is 2. The molecule has 0 radical (unpaired) electrons. The third-order valence-corrected chi connectivity index (χ3v) is 5.13. The van der Waals surface area contributed by atoms with Crippen LogP contribution in [0.2, 0.25) is 0 Å². The second-order valence-electron chi connectivity index (χ2n) is 5.89. The molecule has 1 heterocycles. The van der Waals surface area contributed by atoms with Gasteiger partial charge in [0.2, 0.25) is 17.7 Å². The van der Waals surface area contributed by atoms with Crippen molar-refractivity contribution in [2.45, 2.75) is 25.7 Å². The van der Waals surface area contributed by atoms with Gasteiger partial charge in [-0.25, -0.2) is 4.79 Å². The van der Waals surface area contributed by atoms with Crippen molar-refractivity contribution in [3.05, 3.63) is 0 Å². The van der Waals surface area contributed by atoms with Gasteiger partial charge >= 0.3 is 5.97 Å². The molecule has 0 unspecified atom stereocenters. The number of nitrogens with zero attached hydrogens (tertiary/aromatic N) is 2. The van der Waals surface area contributed by atoms with Crippen molar-refractivity contribution in [3.63, 3.8) is 0 Å². The lowest BCUT2D eigenvalue weighted by molar-refractivity contribution is -0.197. The number of nitrogens with one attached hydrogen (secondary N) is 2. The van der Waals surface area contributed by atoms with Gasteiger partial charge in [0.05, 0.1) is 15.3 Å². The summed E-state index contributed by atoms with van der Waals surface area (Å²) in [4.78, 5) is 76.0. The maximum atomic E-state index is 12.4. The van der Waals surface area contributed by atoms with Gasteiger partial charge in [-0.1, -0.05) is 45.2 Å². The summed E-state index contributed by atoms with van der Waals surface area (Å²) >= 11 is 3.83. The Morgan fingerprint density at radius 3 is 1.83 bits per heavy atom. The summed E-state index contributed by atoms with van der Waals surface area (Å²) in [7, 11) is 0. The predicted molar refractivity (Wildman–Crippen MR) is 117 cm³/mol. The molecule has 13 heteroatoms. The highest BCUT2D eigenvalue weighted by Crippen LogP contribution is 2.13. The van der Waals surface area contributed by atoms with E-state index < -0.39 is 17.8 Å². The van der Waals surface area contributed by atoms with E-state index in [-0.39, 0.29) is 78.4 Å². The molecular weight excluding hydrogens is 614 g/mol. The van der Waals surface area contributed by atoms with Crippen LogP contribution in [0.3, 0.4) is 0 Å². The van der Waals surface area contributed by atoms with Crippen LogP contribution in [0.1, 0.15) is 25.7 Å². The maximum Gasteiger partial charge on any atom is 0.333 e. The van der Waals surface area contributed by atoms with E-state index in [9.17, 15) is 28.8 Å². The molecule has 0 aliphatic carbocycles. The molecule has 1 saturated heterocycles. The minimum absolute atomic E-state index is 0.00922. The minimum atomic E-state index is -0.863. The molecule has 11 nitrogen and oxygen atoms in total. The first-order valence-corrected chi connectivity index (χ1v) is 11.8. The molecule has 162 valence electrons. The molecule has 0 aromatic heterocycles. The summed E-state index contributed by atoms with van der Waals surface area (Å²) in [6, 6.07) is 0. The maximum absolute atomic E-state index is 12.4. The average molecular weight is 636 g/mol. The quantitative estimate of drug-likeness (QED) is 0.164. The second kappa shape index (κ2) is 13.7. The van der Waals surface area contributed by atoms with E-state index in [1.165, 1.54) is 4.90 Å². The van der Waals surface area contributed by atoms with Crippen LogP contribution in [0.25, 0.3) is 0 Å². The van der Waals surface area contributed by atoms with Crippen LogP contribution >= 0.6 is 45.2 Å². The lowest BCUT2D eigenvalue weighted by Crippen LogP contribution is -2.43. The smallest absolute Gasteiger partial charge is 0.333 e. The largest absolute Gasteiger partial charge is 0.354 e. The van der Waals surface area contributed by atoms with Crippen molar-refractivity contribution in [2.75, 3.05) is 35.0 Å². The number of hydrogen-bond acceptors (Lipinski definition) is 7. The van der Waals surface area contributed by atoms with E-state index >= 15 is 0 Å². The molecular formula is C16H22I2N4O7. The summed E-state index contributed by atoms with van der Waals surface area (Å²) in [5, 5.41) is 5.73. The summed E-state index contributed by atoms with van der Waals surface area (Å²) in [6.07, 6.45) is -0.530. The van der Waals surface area contributed by atoms with Crippen molar-refractivity contribution >= 4 is 80.7 Å². The van der Waals surface area contributed by atoms with Crippen molar-refractivity contribution in [3.8, 4) is 0 Å². The normalized spacial score (nSPS) is 13.2. The van der Waals surface area contributed by atoms with Crippen LogP contribution < -0.4 is 10.6 Å². The number of halogens is 2. The van der Waals surface area contributed by atoms with Crippen LogP contribution in [-0.4, -0.2) is 80.5 Å². The highest BCUT2D eigenvalue weighted by atomic mass is 127. The van der Waals surface area contributed by atoms with E-state index in [1.807, 2.05) is 45.2 Å². The van der Waals surface area contributed by atoms with Gasteiger partial charge in [-0.15, -0.1) is 5.06 Å². The highest BCUT2D eigenvalue weighted by molar-refractivity contribution is 14.1.